The van der Waals surface area contributed by atoms with E-state index in [1.807, 2.05) is 31.2 Å². The number of rotatable bonds is 4. The molecule has 0 aliphatic heterocycles. The van der Waals surface area contributed by atoms with Crippen LogP contribution in [0.1, 0.15) is 11.4 Å². The van der Waals surface area contributed by atoms with Crippen molar-refractivity contribution in [1.82, 2.24) is 19.9 Å². The van der Waals surface area contributed by atoms with Crippen molar-refractivity contribution in [2.75, 3.05) is 5.32 Å². The number of H-pyrrole nitrogens is 1. The van der Waals surface area contributed by atoms with Crippen LogP contribution in [-0.4, -0.2) is 36.1 Å². The Morgan fingerprint density at radius 1 is 1.27 bits per heavy atom. The Bertz CT molecular complexity index is 859. The van der Waals surface area contributed by atoms with Crippen LogP contribution in [0, 0.1) is 6.92 Å². The molecule has 0 radical (unpaired) electrons. The van der Waals surface area contributed by atoms with E-state index in [-0.39, 0.29) is 23.9 Å². The molecule has 8 heteroatoms. The second kappa shape index (κ2) is 5.32. The van der Waals surface area contributed by atoms with Gasteiger partial charge < -0.3 is 15.2 Å². The lowest BCUT2D eigenvalue weighted by Crippen LogP contribution is -2.02. The summed E-state index contributed by atoms with van der Waals surface area (Å²) < 4.78 is 0. The molecule has 3 rings (SSSR count). The Kier molecular flexibility index (Phi) is 3.34. The predicted octanol–water partition coefficient (Wildman–Crippen LogP) is 1.74. The first-order chi connectivity index (χ1) is 10.5. The van der Waals surface area contributed by atoms with Gasteiger partial charge in [0.25, 0.3) is 0 Å². The quantitative estimate of drug-likeness (QED) is 0.578. The third kappa shape index (κ3) is 2.66. The smallest absolute Gasteiger partial charge is 0.309 e. The Morgan fingerprint density at radius 3 is 2.82 bits per heavy atom. The molecule has 0 saturated heterocycles. The Morgan fingerprint density at radius 2 is 2.05 bits per heavy atom. The summed E-state index contributed by atoms with van der Waals surface area (Å²) in [5.74, 6) is -0.930. The third-order valence-electron chi connectivity index (χ3n) is 3.11. The van der Waals surface area contributed by atoms with E-state index < -0.39 is 5.97 Å². The van der Waals surface area contributed by atoms with Crippen molar-refractivity contribution in [3.8, 4) is 5.88 Å². The van der Waals surface area contributed by atoms with E-state index >= 15 is 0 Å². The minimum absolute atomic E-state index is 0.118. The van der Waals surface area contributed by atoms with E-state index in [4.69, 9.17) is 5.11 Å². The van der Waals surface area contributed by atoms with E-state index in [0.29, 0.717) is 5.95 Å². The van der Waals surface area contributed by atoms with Crippen LogP contribution in [0.3, 0.4) is 0 Å². The number of anilines is 2. The average molecular weight is 299 g/mol. The van der Waals surface area contributed by atoms with E-state index in [2.05, 4.69) is 25.3 Å². The number of imidazole rings is 1. The maximum absolute atomic E-state index is 10.7. The van der Waals surface area contributed by atoms with Crippen molar-refractivity contribution in [2.24, 2.45) is 0 Å². The molecule has 8 nitrogen and oxygen atoms in total. The molecule has 0 atom stereocenters. The highest BCUT2D eigenvalue weighted by Crippen LogP contribution is 2.21. The maximum Gasteiger partial charge on any atom is 0.309 e. The van der Waals surface area contributed by atoms with Crippen LogP contribution in [0.4, 0.5) is 11.9 Å². The molecule has 0 amide bonds. The molecule has 1 aromatic carbocycles. The van der Waals surface area contributed by atoms with Crippen molar-refractivity contribution in [3.05, 3.63) is 35.7 Å². The normalized spacial score (nSPS) is 10.8. The highest BCUT2D eigenvalue weighted by molar-refractivity contribution is 5.81. The first-order valence-electron chi connectivity index (χ1n) is 6.53. The van der Waals surface area contributed by atoms with Gasteiger partial charge in [-0.05, 0) is 13.0 Å². The maximum atomic E-state index is 10.7. The second-order valence-electron chi connectivity index (χ2n) is 4.73. The van der Waals surface area contributed by atoms with Gasteiger partial charge in [-0.25, -0.2) is 9.97 Å². The number of nitrogens with one attached hydrogen (secondary N) is 2. The standard InChI is InChI=1S/C14H13N5O3/c1-7-8-4-2-3-5-9(8)16-13(15-7)19-14-17-10(6-11(20)21)12(22)18-14/h2-5,22H,6H2,1H3,(H,20,21)(H2,15,16,17,18,19). The van der Waals surface area contributed by atoms with Crippen LogP contribution in [0.5, 0.6) is 5.88 Å². The molecule has 0 unspecified atom stereocenters. The molecule has 112 valence electrons. The van der Waals surface area contributed by atoms with Crippen molar-refractivity contribution < 1.29 is 15.0 Å². The van der Waals surface area contributed by atoms with Crippen LogP contribution in [0.25, 0.3) is 10.9 Å². The molecule has 2 aromatic heterocycles. The number of carboxylic acids is 1. The zero-order valence-electron chi connectivity index (χ0n) is 11.7. The number of fused-ring (bicyclic) bond motifs is 1. The molecule has 0 aliphatic rings. The van der Waals surface area contributed by atoms with E-state index in [0.717, 1.165) is 16.6 Å². The Balaban J connectivity index is 1.91. The molecule has 2 heterocycles. The van der Waals surface area contributed by atoms with Gasteiger partial charge in [0.1, 0.15) is 0 Å². The molecular weight excluding hydrogens is 286 g/mol. The number of nitrogens with zero attached hydrogens (tertiary/aromatic N) is 3. The lowest BCUT2D eigenvalue weighted by molar-refractivity contribution is -0.136. The van der Waals surface area contributed by atoms with Crippen LogP contribution in [0.2, 0.25) is 0 Å². The van der Waals surface area contributed by atoms with E-state index in [1.54, 1.807) is 0 Å². The summed E-state index contributed by atoms with van der Waals surface area (Å²) in [5, 5.41) is 22.1. The molecular formula is C14H13N5O3. The second-order valence-corrected chi connectivity index (χ2v) is 4.73. The summed E-state index contributed by atoms with van der Waals surface area (Å²) in [7, 11) is 0. The Hall–Kier alpha value is -3.16. The number of aromatic amines is 1. The molecule has 0 saturated carbocycles. The lowest BCUT2D eigenvalue weighted by Gasteiger charge is -2.05. The fourth-order valence-corrected chi connectivity index (χ4v) is 2.13. The Labute approximate surface area is 124 Å². The first kappa shape index (κ1) is 13.8. The zero-order valence-corrected chi connectivity index (χ0v) is 11.7. The van der Waals surface area contributed by atoms with Gasteiger partial charge in [-0.3, -0.25) is 10.1 Å². The van der Waals surface area contributed by atoms with Crippen molar-refractivity contribution in [2.45, 2.75) is 13.3 Å². The summed E-state index contributed by atoms with van der Waals surface area (Å²) in [6.45, 7) is 1.87. The van der Waals surface area contributed by atoms with Crippen LogP contribution >= 0.6 is 0 Å². The number of aryl methyl sites for hydroxylation is 1. The SMILES string of the molecule is Cc1nc(Nc2nc(O)c(CC(=O)O)[nH]2)nc2ccccc12. The predicted molar refractivity (Wildman–Crippen MR) is 79.2 cm³/mol. The van der Waals surface area contributed by atoms with Crippen molar-refractivity contribution >= 4 is 28.8 Å². The fraction of sp³-hybridized carbons (Fsp3) is 0.143. The van der Waals surface area contributed by atoms with Crippen LogP contribution in [0.15, 0.2) is 24.3 Å². The monoisotopic (exact) mass is 299 g/mol. The summed E-state index contributed by atoms with van der Waals surface area (Å²) in [4.78, 5) is 25.9. The number of aliphatic carboxylic acids is 1. The van der Waals surface area contributed by atoms with Crippen molar-refractivity contribution in [1.29, 1.82) is 0 Å². The van der Waals surface area contributed by atoms with E-state index in [9.17, 15) is 9.90 Å². The molecule has 0 fully saturated rings. The van der Waals surface area contributed by atoms with Crippen molar-refractivity contribution in [3.63, 3.8) is 0 Å². The number of benzene rings is 1. The fourth-order valence-electron chi connectivity index (χ4n) is 2.13. The molecule has 4 N–H and O–H groups in total. The first-order valence-corrected chi connectivity index (χ1v) is 6.53. The number of carboxylic acid groups (broad SMARTS) is 1. The molecule has 0 aliphatic carbocycles. The van der Waals surface area contributed by atoms with Gasteiger partial charge in [-0.15, -0.1) is 0 Å². The summed E-state index contributed by atoms with van der Waals surface area (Å²) in [5.41, 5.74) is 1.70. The number of hydrogen-bond acceptors (Lipinski definition) is 6. The third-order valence-corrected chi connectivity index (χ3v) is 3.11. The summed E-state index contributed by atoms with van der Waals surface area (Å²) >= 11 is 0. The minimum Gasteiger partial charge on any atom is -0.492 e. The number of hydrogen-bond donors (Lipinski definition) is 4. The highest BCUT2D eigenvalue weighted by Gasteiger charge is 2.13. The van der Waals surface area contributed by atoms with Gasteiger partial charge in [-0.1, -0.05) is 18.2 Å². The number of carbonyl (C=O) groups is 1. The van der Waals surface area contributed by atoms with Gasteiger partial charge in [0, 0.05) is 5.39 Å². The van der Waals surface area contributed by atoms with Gasteiger partial charge >= 0.3 is 5.97 Å². The van der Waals surface area contributed by atoms with Crippen LogP contribution < -0.4 is 5.32 Å². The van der Waals surface area contributed by atoms with Crippen LogP contribution in [-0.2, 0) is 11.2 Å². The molecule has 3 aromatic rings. The van der Waals surface area contributed by atoms with Gasteiger partial charge in [0.15, 0.2) is 0 Å². The zero-order chi connectivity index (χ0) is 15.7. The van der Waals surface area contributed by atoms with Gasteiger partial charge in [0.05, 0.1) is 23.3 Å². The topological polar surface area (TPSA) is 124 Å². The number of aromatic nitrogens is 4. The largest absolute Gasteiger partial charge is 0.492 e. The molecule has 22 heavy (non-hydrogen) atoms. The summed E-state index contributed by atoms with van der Waals surface area (Å²) in [6, 6.07) is 7.58. The average Bonchev–Trinajstić information content (AvgIpc) is 2.78. The number of para-hydroxylation sites is 1. The minimum atomic E-state index is -1.07. The van der Waals surface area contributed by atoms with E-state index in [1.165, 1.54) is 0 Å². The molecule has 0 bridgehead atoms. The molecule has 0 spiro atoms. The van der Waals surface area contributed by atoms with Gasteiger partial charge in [0.2, 0.25) is 17.8 Å². The number of aromatic hydroxyl groups is 1. The summed E-state index contributed by atoms with van der Waals surface area (Å²) in [6.07, 6.45) is -0.349. The highest BCUT2D eigenvalue weighted by atomic mass is 16.4. The lowest BCUT2D eigenvalue weighted by atomic mass is 10.2. The van der Waals surface area contributed by atoms with Gasteiger partial charge in [-0.2, -0.15) is 4.98 Å².